The smallest absolute Gasteiger partial charge is 0.338 e. The highest BCUT2D eigenvalue weighted by molar-refractivity contribution is 9.10. The lowest BCUT2D eigenvalue weighted by Gasteiger charge is -2.24. The van der Waals surface area contributed by atoms with E-state index in [0.29, 0.717) is 43.7 Å². The number of nitrogens with zero attached hydrogens (tertiary/aromatic N) is 2. The molecule has 1 aliphatic rings. The van der Waals surface area contributed by atoms with Crippen LogP contribution in [-0.2, 0) is 9.53 Å². The third-order valence-corrected chi connectivity index (χ3v) is 7.49. The fourth-order valence-electron chi connectivity index (χ4n) is 3.98. The Balaban J connectivity index is 1.94. The van der Waals surface area contributed by atoms with E-state index in [9.17, 15) is 9.59 Å². The van der Waals surface area contributed by atoms with E-state index in [1.807, 2.05) is 13.0 Å². The molecule has 0 unspecified atom stereocenters. The molecule has 0 N–H and O–H groups in total. The first-order valence-corrected chi connectivity index (χ1v) is 13.2. The van der Waals surface area contributed by atoms with Gasteiger partial charge < -0.3 is 14.2 Å². The molecule has 188 valence electrons. The summed E-state index contributed by atoms with van der Waals surface area (Å²) in [5, 5.41) is 0.555. The van der Waals surface area contributed by atoms with E-state index in [1.165, 1.54) is 11.3 Å². The minimum absolute atomic E-state index is 0.209. The maximum Gasteiger partial charge on any atom is 0.338 e. The monoisotopic (exact) mass is 590 g/mol. The molecular formula is C26H24BrClN2O5S. The van der Waals surface area contributed by atoms with Crippen LogP contribution in [0.5, 0.6) is 11.5 Å². The van der Waals surface area contributed by atoms with E-state index in [1.54, 1.807) is 61.9 Å². The standard InChI is InChI=1S/C26H24BrClN2O5S/c1-5-34-20-11-16(18(27)13-19(20)33-4)12-21-24(31)30-23(15-7-9-17(28)10-8-15)22(25(32)35-6-2)14(3)29-26(30)36-21/h7-13,23H,5-6H2,1-4H3/b21-12-/t23-/m1/s1. The number of esters is 1. The van der Waals surface area contributed by atoms with E-state index in [2.05, 4.69) is 20.9 Å². The molecular weight excluding hydrogens is 568 g/mol. The van der Waals surface area contributed by atoms with Crippen molar-refractivity contribution in [2.24, 2.45) is 4.99 Å². The van der Waals surface area contributed by atoms with Crippen molar-refractivity contribution in [3.8, 4) is 11.5 Å². The number of aromatic nitrogens is 1. The number of benzene rings is 2. The predicted octanol–water partition coefficient (Wildman–Crippen LogP) is 4.62. The van der Waals surface area contributed by atoms with E-state index >= 15 is 0 Å². The van der Waals surface area contributed by atoms with Crippen LogP contribution in [0.25, 0.3) is 6.08 Å². The summed E-state index contributed by atoms with van der Waals surface area (Å²) >= 11 is 10.9. The van der Waals surface area contributed by atoms with Gasteiger partial charge in [-0.3, -0.25) is 9.36 Å². The third-order valence-electron chi connectivity index (χ3n) is 5.57. The molecule has 7 nitrogen and oxygen atoms in total. The van der Waals surface area contributed by atoms with Crippen molar-refractivity contribution in [1.29, 1.82) is 0 Å². The van der Waals surface area contributed by atoms with Crippen molar-refractivity contribution in [3.63, 3.8) is 0 Å². The van der Waals surface area contributed by atoms with Crippen molar-refractivity contribution in [2.45, 2.75) is 26.8 Å². The topological polar surface area (TPSA) is 79.1 Å². The Labute approximate surface area is 225 Å². The lowest BCUT2D eigenvalue weighted by atomic mass is 9.96. The van der Waals surface area contributed by atoms with E-state index in [4.69, 9.17) is 25.8 Å². The largest absolute Gasteiger partial charge is 0.493 e. The second-order valence-corrected chi connectivity index (χ2v) is 10.1. The van der Waals surface area contributed by atoms with Crippen LogP contribution in [0.15, 0.2) is 61.9 Å². The Kier molecular flexibility index (Phi) is 8.02. The van der Waals surface area contributed by atoms with Crippen molar-refractivity contribution < 1.29 is 19.0 Å². The van der Waals surface area contributed by atoms with Crippen LogP contribution < -0.4 is 24.4 Å². The van der Waals surface area contributed by atoms with Crippen molar-refractivity contribution in [2.75, 3.05) is 20.3 Å². The highest BCUT2D eigenvalue weighted by Crippen LogP contribution is 2.34. The molecule has 0 saturated carbocycles. The number of carbonyl (C=O) groups is 1. The SMILES string of the molecule is CCOC(=O)C1=C(C)N=c2s/c(=C\c3cc(OCC)c(OC)cc3Br)c(=O)n2[C@@H]1c1ccc(Cl)cc1. The molecule has 0 fully saturated rings. The summed E-state index contributed by atoms with van der Waals surface area (Å²) in [6, 6.07) is 9.98. The summed E-state index contributed by atoms with van der Waals surface area (Å²) in [6.45, 7) is 6.06. The number of ether oxygens (including phenoxy) is 3. The molecule has 0 bridgehead atoms. The quantitative estimate of drug-likeness (QED) is 0.375. The van der Waals surface area contributed by atoms with Crippen LogP contribution in [0.3, 0.4) is 0 Å². The summed E-state index contributed by atoms with van der Waals surface area (Å²) < 4.78 is 19.2. The molecule has 2 aromatic carbocycles. The van der Waals surface area contributed by atoms with Gasteiger partial charge in [-0.25, -0.2) is 9.79 Å². The Bertz CT molecular complexity index is 1530. The first-order valence-electron chi connectivity index (χ1n) is 11.2. The molecule has 2 heterocycles. The normalized spacial score (nSPS) is 15.4. The number of halogens is 2. The molecule has 10 heteroatoms. The van der Waals surface area contributed by atoms with Crippen LogP contribution in [-0.4, -0.2) is 30.9 Å². The number of fused-ring (bicyclic) bond motifs is 1. The summed E-state index contributed by atoms with van der Waals surface area (Å²) in [4.78, 5) is 31.8. The van der Waals surface area contributed by atoms with Crippen LogP contribution in [0.2, 0.25) is 5.02 Å². The van der Waals surface area contributed by atoms with Crippen LogP contribution in [0.1, 0.15) is 37.9 Å². The van der Waals surface area contributed by atoms with Gasteiger partial charge in [0.2, 0.25) is 0 Å². The molecule has 0 amide bonds. The second kappa shape index (κ2) is 11.0. The van der Waals surface area contributed by atoms with E-state index in [-0.39, 0.29) is 12.2 Å². The summed E-state index contributed by atoms with van der Waals surface area (Å²) in [5.41, 5.74) is 2.03. The van der Waals surface area contributed by atoms with Crippen molar-refractivity contribution >= 4 is 50.9 Å². The van der Waals surface area contributed by atoms with Crippen LogP contribution >= 0.6 is 38.9 Å². The number of carbonyl (C=O) groups excluding carboxylic acids is 1. The highest BCUT2D eigenvalue weighted by Gasteiger charge is 2.33. The molecule has 0 saturated heterocycles. The Hall–Kier alpha value is -2.88. The Morgan fingerprint density at radius 2 is 1.92 bits per heavy atom. The number of hydrogen-bond acceptors (Lipinski definition) is 7. The fourth-order valence-corrected chi connectivity index (χ4v) is 5.58. The zero-order chi connectivity index (χ0) is 26.0. The van der Waals surface area contributed by atoms with Gasteiger partial charge in [-0.2, -0.15) is 0 Å². The van der Waals surface area contributed by atoms with Crippen molar-refractivity contribution in [3.05, 3.63) is 88.0 Å². The number of methoxy groups -OCH3 is 1. The zero-order valence-corrected chi connectivity index (χ0v) is 23.3. The average Bonchev–Trinajstić information content (AvgIpc) is 3.15. The van der Waals surface area contributed by atoms with Gasteiger partial charge >= 0.3 is 5.97 Å². The highest BCUT2D eigenvalue weighted by atomic mass is 79.9. The van der Waals surface area contributed by atoms with Gasteiger partial charge in [0.15, 0.2) is 16.3 Å². The minimum Gasteiger partial charge on any atom is -0.493 e. The van der Waals surface area contributed by atoms with Crippen molar-refractivity contribution in [1.82, 2.24) is 4.57 Å². The average molecular weight is 592 g/mol. The minimum atomic E-state index is -0.696. The molecule has 3 aromatic rings. The molecule has 0 spiro atoms. The van der Waals surface area contributed by atoms with Gasteiger partial charge in [0, 0.05) is 9.50 Å². The Morgan fingerprint density at radius 1 is 1.19 bits per heavy atom. The molecule has 4 rings (SSSR count). The summed E-state index contributed by atoms with van der Waals surface area (Å²) in [6.07, 6.45) is 1.78. The van der Waals surface area contributed by atoms with Gasteiger partial charge in [0.1, 0.15) is 0 Å². The first kappa shape index (κ1) is 26.2. The fraction of sp³-hybridized carbons (Fsp3) is 0.269. The Morgan fingerprint density at radius 3 is 2.56 bits per heavy atom. The molecule has 0 aliphatic carbocycles. The number of allylic oxidation sites excluding steroid dienone is 1. The second-order valence-electron chi connectivity index (χ2n) is 7.81. The first-order chi connectivity index (χ1) is 17.3. The maximum absolute atomic E-state index is 13.8. The lowest BCUT2D eigenvalue weighted by Crippen LogP contribution is -2.39. The maximum atomic E-state index is 13.8. The lowest BCUT2D eigenvalue weighted by molar-refractivity contribution is -0.139. The van der Waals surface area contributed by atoms with E-state index < -0.39 is 12.0 Å². The van der Waals surface area contributed by atoms with E-state index in [0.717, 1.165) is 15.6 Å². The number of thiazole rings is 1. The number of hydrogen-bond donors (Lipinski definition) is 0. The van der Waals surface area contributed by atoms with Crippen LogP contribution in [0, 0.1) is 0 Å². The van der Waals surface area contributed by atoms with Gasteiger partial charge in [-0.15, -0.1) is 0 Å². The molecule has 1 aliphatic heterocycles. The number of rotatable bonds is 7. The van der Waals surface area contributed by atoms with Gasteiger partial charge in [-0.05, 0) is 62.2 Å². The van der Waals surface area contributed by atoms with Crippen LogP contribution in [0.4, 0.5) is 0 Å². The summed E-state index contributed by atoms with van der Waals surface area (Å²) in [5.74, 6) is 0.647. The van der Waals surface area contributed by atoms with Gasteiger partial charge in [-0.1, -0.05) is 51.0 Å². The molecule has 1 aromatic heterocycles. The van der Waals surface area contributed by atoms with Gasteiger partial charge in [0.25, 0.3) is 5.56 Å². The predicted molar refractivity (Wildman–Crippen MR) is 144 cm³/mol. The molecule has 36 heavy (non-hydrogen) atoms. The van der Waals surface area contributed by atoms with Gasteiger partial charge in [0.05, 0.1) is 42.2 Å². The molecule has 0 radical (unpaired) electrons. The summed E-state index contributed by atoms with van der Waals surface area (Å²) in [7, 11) is 1.57. The third kappa shape index (κ3) is 5.00. The molecule has 1 atom stereocenters. The zero-order valence-electron chi connectivity index (χ0n) is 20.1.